The van der Waals surface area contributed by atoms with Gasteiger partial charge in [0.2, 0.25) is 0 Å². The van der Waals surface area contributed by atoms with Crippen LogP contribution in [0.1, 0.15) is 10.4 Å². The summed E-state index contributed by atoms with van der Waals surface area (Å²) in [5.74, 6) is 0.612. The van der Waals surface area contributed by atoms with Crippen LogP contribution in [0.4, 0.5) is 11.5 Å². The van der Waals surface area contributed by atoms with Gasteiger partial charge in [-0.05, 0) is 29.1 Å². The number of rotatable bonds is 7. The van der Waals surface area contributed by atoms with Gasteiger partial charge in [0.05, 0.1) is 25.1 Å². The van der Waals surface area contributed by atoms with E-state index in [0.717, 1.165) is 37.6 Å². The summed E-state index contributed by atoms with van der Waals surface area (Å²) in [6.07, 6.45) is 1.76. The molecule has 1 aliphatic heterocycles. The van der Waals surface area contributed by atoms with E-state index in [1.807, 2.05) is 41.8 Å². The number of carbonyl (C=O) groups excluding carboxylic acids is 1. The van der Waals surface area contributed by atoms with Gasteiger partial charge in [-0.25, -0.2) is 0 Å². The van der Waals surface area contributed by atoms with E-state index in [4.69, 9.17) is 4.74 Å². The van der Waals surface area contributed by atoms with Crippen LogP contribution in [-0.4, -0.2) is 55.5 Å². The third-order valence-corrected chi connectivity index (χ3v) is 5.60. The number of hydrogen-bond donors (Lipinski definition) is 2. The number of amides is 1. The number of anilines is 2. The summed E-state index contributed by atoms with van der Waals surface area (Å²) in [7, 11) is 0. The average molecular weight is 410 g/mol. The highest BCUT2D eigenvalue weighted by molar-refractivity contribution is 7.13. The molecule has 1 aromatic carbocycles. The molecular formula is C21H23N5O2S. The third kappa shape index (κ3) is 5.10. The summed E-state index contributed by atoms with van der Waals surface area (Å²) in [5, 5.41) is 16.4. The molecule has 0 saturated carbocycles. The van der Waals surface area contributed by atoms with Crippen LogP contribution in [0.15, 0.2) is 54.0 Å². The summed E-state index contributed by atoms with van der Waals surface area (Å²) in [4.78, 5) is 15.8. The highest BCUT2D eigenvalue weighted by Crippen LogP contribution is 2.24. The first-order valence-corrected chi connectivity index (χ1v) is 10.5. The Morgan fingerprint density at radius 2 is 1.97 bits per heavy atom. The Hall–Kier alpha value is -2.97. The van der Waals surface area contributed by atoms with Crippen molar-refractivity contribution in [3.63, 3.8) is 0 Å². The molecule has 3 aromatic rings. The number of morpholine rings is 1. The van der Waals surface area contributed by atoms with Crippen molar-refractivity contribution in [2.75, 3.05) is 49.6 Å². The Labute approximate surface area is 173 Å². The van der Waals surface area contributed by atoms with Crippen molar-refractivity contribution in [3.05, 3.63) is 59.6 Å². The summed E-state index contributed by atoms with van der Waals surface area (Å²) in [5.41, 5.74) is 2.80. The number of nitrogens with one attached hydrogen (secondary N) is 2. The molecule has 0 atom stereocenters. The monoisotopic (exact) mass is 409 g/mol. The Morgan fingerprint density at radius 3 is 2.72 bits per heavy atom. The largest absolute Gasteiger partial charge is 0.378 e. The van der Waals surface area contributed by atoms with E-state index in [-0.39, 0.29) is 5.91 Å². The van der Waals surface area contributed by atoms with Crippen molar-refractivity contribution in [2.24, 2.45) is 0 Å². The van der Waals surface area contributed by atoms with E-state index < -0.39 is 0 Å². The lowest BCUT2D eigenvalue weighted by atomic mass is 10.1. The van der Waals surface area contributed by atoms with Gasteiger partial charge in [0, 0.05) is 42.7 Å². The van der Waals surface area contributed by atoms with E-state index in [1.165, 1.54) is 4.88 Å². The second-order valence-electron chi connectivity index (χ2n) is 6.64. The number of benzene rings is 1. The molecule has 1 saturated heterocycles. The average Bonchev–Trinajstić information content (AvgIpc) is 3.32. The quantitative estimate of drug-likeness (QED) is 0.584. The molecule has 0 radical (unpaired) electrons. The Bertz CT molecular complexity index is 925. The summed E-state index contributed by atoms with van der Waals surface area (Å²) < 4.78 is 5.38. The molecule has 29 heavy (non-hydrogen) atoms. The zero-order chi connectivity index (χ0) is 19.9. The molecule has 8 heteroatoms. The Kier molecular flexibility index (Phi) is 6.33. The van der Waals surface area contributed by atoms with Gasteiger partial charge in [0.1, 0.15) is 0 Å². The third-order valence-electron chi connectivity index (χ3n) is 4.69. The Balaban J connectivity index is 1.24. The first-order valence-electron chi connectivity index (χ1n) is 9.61. The first-order chi connectivity index (χ1) is 14.3. The number of thiophene rings is 1. The maximum Gasteiger partial charge on any atom is 0.251 e. The fourth-order valence-electron chi connectivity index (χ4n) is 3.13. The normalized spacial score (nSPS) is 13.9. The molecule has 0 spiro atoms. The minimum atomic E-state index is -0.0855. The van der Waals surface area contributed by atoms with Gasteiger partial charge < -0.3 is 20.3 Å². The maximum atomic E-state index is 12.3. The predicted octanol–water partition coefficient (Wildman–Crippen LogP) is 2.88. The minimum Gasteiger partial charge on any atom is -0.378 e. The second-order valence-corrected chi connectivity index (χ2v) is 7.58. The van der Waals surface area contributed by atoms with E-state index in [0.29, 0.717) is 24.5 Å². The van der Waals surface area contributed by atoms with E-state index >= 15 is 0 Å². The SMILES string of the molecule is O=C(NCCNc1cc(N2CCOCC2)cnn1)c1ccc(-c2cccs2)cc1. The molecule has 1 amide bonds. The molecule has 2 N–H and O–H groups in total. The molecule has 2 aromatic heterocycles. The number of ether oxygens (including phenoxy) is 1. The maximum absolute atomic E-state index is 12.3. The molecule has 1 aliphatic rings. The zero-order valence-electron chi connectivity index (χ0n) is 16.0. The van der Waals surface area contributed by atoms with Crippen molar-refractivity contribution in [3.8, 4) is 10.4 Å². The van der Waals surface area contributed by atoms with Crippen LogP contribution in [0.2, 0.25) is 0 Å². The van der Waals surface area contributed by atoms with Crippen molar-refractivity contribution in [1.29, 1.82) is 0 Å². The fraction of sp³-hybridized carbons (Fsp3) is 0.286. The number of hydrogen-bond acceptors (Lipinski definition) is 7. The standard InChI is InChI=1S/C21H23N5O2S/c27-21(17-5-3-16(4-6-17)19-2-1-13-29-19)23-8-7-22-20-14-18(15-24-25-20)26-9-11-28-12-10-26/h1-6,13-15H,7-12H2,(H,22,25)(H,23,27). The zero-order valence-corrected chi connectivity index (χ0v) is 16.8. The van der Waals surface area contributed by atoms with Crippen LogP contribution in [-0.2, 0) is 4.74 Å². The molecule has 7 nitrogen and oxygen atoms in total. The van der Waals surface area contributed by atoms with Gasteiger partial charge in [0.25, 0.3) is 5.91 Å². The van der Waals surface area contributed by atoms with Crippen LogP contribution in [0.3, 0.4) is 0 Å². The van der Waals surface area contributed by atoms with Gasteiger partial charge in [-0.15, -0.1) is 16.4 Å². The lowest BCUT2D eigenvalue weighted by molar-refractivity contribution is 0.0955. The number of carbonyl (C=O) groups is 1. The topological polar surface area (TPSA) is 79.4 Å². The van der Waals surface area contributed by atoms with E-state index in [2.05, 4.69) is 31.8 Å². The van der Waals surface area contributed by atoms with Crippen LogP contribution in [0.5, 0.6) is 0 Å². The predicted molar refractivity (Wildman–Crippen MR) is 116 cm³/mol. The van der Waals surface area contributed by atoms with Crippen LogP contribution >= 0.6 is 11.3 Å². The smallest absolute Gasteiger partial charge is 0.251 e. The second kappa shape index (κ2) is 9.49. The highest BCUT2D eigenvalue weighted by Gasteiger charge is 2.12. The molecule has 0 unspecified atom stereocenters. The fourth-order valence-corrected chi connectivity index (χ4v) is 3.87. The van der Waals surface area contributed by atoms with Gasteiger partial charge in [0.15, 0.2) is 5.82 Å². The van der Waals surface area contributed by atoms with Crippen LogP contribution in [0, 0.1) is 0 Å². The summed E-state index contributed by atoms with van der Waals surface area (Å²) >= 11 is 1.69. The van der Waals surface area contributed by atoms with Gasteiger partial charge in [-0.3, -0.25) is 4.79 Å². The molecule has 3 heterocycles. The van der Waals surface area contributed by atoms with Crippen molar-refractivity contribution in [1.82, 2.24) is 15.5 Å². The van der Waals surface area contributed by atoms with E-state index in [1.54, 1.807) is 17.5 Å². The molecule has 1 fully saturated rings. The highest BCUT2D eigenvalue weighted by atomic mass is 32.1. The van der Waals surface area contributed by atoms with Crippen molar-refractivity contribution < 1.29 is 9.53 Å². The van der Waals surface area contributed by atoms with Gasteiger partial charge >= 0.3 is 0 Å². The summed E-state index contributed by atoms with van der Waals surface area (Å²) in [6, 6.07) is 13.7. The molecule has 0 bridgehead atoms. The minimum absolute atomic E-state index is 0.0855. The molecule has 0 aliphatic carbocycles. The van der Waals surface area contributed by atoms with Crippen molar-refractivity contribution >= 4 is 28.7 Å². The van der Waals surface area contributed by atoms with Crippen LogP contribution < -0.4 is 15.5 Å². The van der Waals surface area contributed by atoms with Gasteiger partial charge in [-0.1, -0.05) is 18.2 Å². The number of nitrogens with zero attached hydrogens (tertiary/aromatic N) is 3. The lowest BCUT2D eigenvalue weighted by Crippen LogP contribution is -2.36. The summed E-state index contributed by atoms with van der Waals surface area (Å²) in [6.45, 7) is 4.23. The molecule has 4 rings (SSSR count). The van der Waals surface area contributed by atoms with Crippen molar-refractivity contribution in [2.45, 2.75) is 0 Å². The van der Waals surface area contributed by atoms with Gasteiger partial charge in [-0.2, -0.15) is 5.10 Å². The first kappa shape index (κ1) is 19.4. The molecular weight excluding hydrogens is 386 g/mol. The van der Waals surface area contributed by atoms with Crippen LogP contribution in [0.25, 0.3) is 10.4 Å². The van der Waals surface area contributed by atoms with E-state index in [9.17, 15) is 4.79 Å². The number of aromatic nitrogens is 2. The Morgan fingerprint density at radius 1 is 1.14 bits per heavy atom. The molecule has 150 valence electrons. The lowest BCUT2D eigenvalue weighted by Gasteiger charge is -2.28.